The molecule has 0 bridgehead atoms. The maximum Gasteiger partial charge on any atom is 0.303 e. The van der Waals surface area contributed by atoms with E-state index in [1.807, 2.05) is 0 Å². The number of phenols is 1. The second-order valence-corrected chi connectivity index (χ2v) is 3.82. The Hall–Kier alpha value is -1.23. The van der Waals surface area contributed by atoms with Crippen LogP contribution in [0.4, 0.5) is 0 Å². The molecule has 15 heavy (non-hydrogen) atoms. The monoisotopic (exact) mass is 274 g/mol. The van der Waals surface area contributed by atoms with Crippen LogP contribution in [0, 0.1) is 0 Å². The van der Waals surface area contributed by atoms with Crippen LogP contribution in [-0.4, -0.2) is 23.3 Å². The number of rotatable bonds is 4. The van der Waals surface area contributed by atoms with Crippen molar-refractivity contribution in [3.8, 4) is 11.5 Å². The predicted octanol–water partition coefficient (Wildman–Crippen LogP) is 2.18. The van der Waals surface area contributed by atoms with E-state index < -0.39 is 5.97 Å². The third-order valence-corrected chi connectivity index (χ3v) is 2.74. The lowest BCUT2D eigenvalue weighted by Crippen LogP contribution is -1.99. The van der Waals surface area contributed by atoms with E-state index in [-0.39, 0.29) is 18.6 Å². The standard InChI is InChI=1S/C10H11BrO4/c1-15-8-4-3-7(11)6(10(8)14)2-5-9(12)13/h3-4,14H,2,5H2,1H3,(H,12,13). The molecule has 2 N–H and O–H groups in total. The fourth-order valence-electron chi connectivity index (χ4n) is 1.22. The van der Waals surface area contributed by atoms with Crippen LogP contribution in [0.3, 0.4) is 0 Å². The Balaban J connectivity index is 2.98. The fraction of sp³-hybridized carbons (Fsp3) is 0.300. The second-order valence-electron chi connectivity index (χ2n) is 2.97. The van der Waals surface area contributed by atoms with Gasteiger partial charge in [0.25, 0.3) is 0 Å². The Labute approximate surface area is 95.6 Å². The van der Waals surface area contributed by atoms with Crippen LogP contribution in [0.25, 0.3) is 0 Å². The summed E-state index contributed by atoms with van der Waals surface area (Å²) >= 11 is 3.25. The second kappa shape index (κ2) is 5.02. The highest BCUT2D eigenvalue weighted by molar-refractivity contribution is 9.10. The topological polar surface area (TPSA) is 66.8 Å². The molecule has 82 valence electrons. The number of aliphatic carboxylic acids is 1. The lowest BCUT2D eigenvalue weighted by atomic mass is 10.1. The first-order valence-electron chi connectivity index (χ1n) is 4.32. The number of aromatic hydroxyl groups is 1. The van der Waals surface area contributed by atoms with Gasteiger partial charge in [-0.3, -0.25) is 4.79 Å². The number of methoxy groups -OCH3 is 1. The van der Waals surface area contributed by atoms with Crippen molar-refractivity contribution in [2.75, 3.05) is 7.11 Å². The van der Waals surface area contributed by atoms with Crippen LogP contribution >= 0.6 is 15.9 Å². The molecule has 5 heteroatoms. The summed E-state index contributed by atoms with van der Waals surface area (Å²) in [5.41, 5.74) is 0.553. The summed E-state index contributed by atoms with van der Waals surface area (Å²) in [4.78, 5) is 10.4. The molecule has 1 rings (SSSR count). The molecule has 0 amide bonds. The predicted molar refractivity (Wildman–Crippen MR) is 58.3 cm³/mol. The van der Waals surface area contributed by atoms with Gasteiger partial charge in [0.15, 0.2) is 11.5 Å². The molecule has 0 radical (unpaired) electrons. The van der Waals surface area contributed by atoms with E-state index >= 15 is 0 Å². The summed E-state index contributed by atoms with van der Waals surface area (Å²) in [5.74, 6) is -0.559. The largest absolute Gasteiger partial charge is 0.504 e. The minimum Gasteiger partial charge on any atom is -0.504 e. The van der Waals surface area contributed by atoms with E-state index in [4.69, 9.17) is 9.84 Å². The van der Waals surface area contributed by atoms with Crippen molar-refractivity contribution in [1.29, 1.82) is 0 Å². The number of halogens is 1. The Morgan fingerprint density at radius 2 is 2.20 bits per heavy atom. The first kappa shape index (κ1) is 11.8. The van der Waals surface area contributed by atoms with Crippen LogP contribution in [0.15, 0.2) is 16.6 Å². The summed E-state index contributed by atoms with van der Waals surface area (Å²) < 4.78 is 5.61. The van der Waals surface area contributed by atoms with Crippen molar-refractivity contribution in [2.24, 2.45) is 0 Å². The van der Waals surface area contributed by atoms with Gasteiger partial charge in [-0.1, -0.05) is 15.9 Å². The molecule has 0 saturated heterocycles. The third kappa shape index (κ3) is 2.86. The molecule has 0 aliphatic rings. The molecule has 0 aliphatic carbocycles. The van der Waals surface area contributed by atoms with Gasteiger partial charge < -0.3 is 14.9 Å². The molecule has 0 heterocycles. The molecule has 0 unspecified atom stereocenters. The highest BCUT2D eigenvalue weighted by Gasteiger charge is 2.12. The van der Waals surface area contributed by atoms with Crippen molar-refractivity contribution in [1.82, 2.24) is 0 Å². The van der Waals surface area contributed by atoms with Gasteiger partial charge in [0.1, 0.15) is 0 Å². The first-order chi connectivity index (χ1) is 7.06. The Morgan fingerprint density at radius 3 is 2.73 bits per heavy atom. The van der Waals surface area contributed by atoms with E-state index in [1.54, 1.807) is 12.1 Å². The highest BCUT2D eigenvalue weighted by atomic mass is 79.9. The van der Waals surface area contributed by atoms with Crippen LogP contribution in [0.1, 0.15) is 12.0 Å². The molecule has 0 aliphatic heterocycles. The molecule has 0 aromatic heterocycles. The van der Waals surface area contributed by atoms with E-state index in [0.717, 1.165) is 0 Å². The zero-order chi connectivity index (χ0) is 11.4. The third-order valence-electron chi connectivity index (χ3n) is 2.00. The number of ether oxygens (including phenoxy) is 1. The Bertz CT molecular complexity index is 376. The maximum absolute atomic E-state index is 10.4. The van der Waals surface area contributed by atoms with Gasteiger partial charge in [-0.2, -0.15) is 0 Å². The lowest BCUT2D eigenvalue weighted by Gasteiger charge is -2.09. The molecule has 4 nitrogen and oxygen atoms in total. The van der Waals surface area contributed by atoms with Crippen molar-refractivity contribution in [3.63, 3.8) is 0 Å². The van der Waals surface area contributed by atoms with E-state index in [9.17, 15) is 9.90 Å². The van der Waals surface area contributed by atoms with E-state index in [0.29, 0.717) is 15.8 Å². The van der Waals surface area contributed by atoms with Crippen molar-refractivity contribution >= 4 is 21.9 Å². The Kier molecular flexibility index (Phi) is 3.96. The minimum atomic E-state index is -0.899. The SMILES string of the molecule is COc1ccc(Br)c(CCC(=O)O)c1O. The van der Waals surface area contributed by atoms with Gasteiger partial charge in [0, 0.05) is 16.5 Å². The van der Waals surface area contributed by atoms with Gasteiger partial charge in [0.05, 0.1) is 7.11 Å². The van der Waals surface area contributed by atoms with Gasteiger partial charge in [-0.25, -0.2) is 0 Å². The van der Waals surface area contributed by atoms with Gasteiger partial charge in [0.2, 0.25) is 0 Å². The molecule has 0 spiro atoms. The normalized spacial score (nSPS) is 10.0. The van der Waals surface area contributed by atoms with Crippen LogP contribution in [-0.2, 0) is 11.2 Å². The molecule has 0 fully saturated rings. The average molecular weight is 275 g/mol. The lowest BCUT2D eigenvalue weighted by molar-refractivity contribution is -0.136. The number of hydrogen-bond donors (Lipinski definition) is 2. The highest BCUT2D eigenvalue weighted by Crippen LogP contribution is 2.35. The Morgan fingerprint density at radius 1 is 1.53 bits per heavy atom. The minimum absolute atomic E-state index is 0.00637. The first-order valence-corrected chi connectivity index (χ1v) is 5.11. The summed E-state index contributed by atoms with van der Waals surface area (Å²) in [5, 5.41) is 18.3. The van der Waals surface area contributed by atoms with Crippen LogP contribution < -0.4 is 4.74 Å². The molecule has 0 atom stereocenters. The summed E-state index contributed by atoms with van der Waals surface area (Å²) in [7, 11) is 1.45. The molecular formula is C10H11BrO4. The van der Waals surface area contributed by atoms with Crippen molar-refractivity contribution < 1.29 is 19.7 Å². The van der Waals surface area contributed by atoms with E-state index in [2.05, 4.69) is 15.9 Å². The van der Waals surface area contributed by atoms with Gasteiger partial charge in [-0.05, 0) is 18.6 Å². The average Bonchev–Trinajstić information content (AvgIpc) is 2.17. The van der Waals surface area contributed by atoms with Crippen LogP contribution in [0.2, 0.25) is 0 Å². The van der Waals surface area contributed by atoms with Crippen LogP contribution in [0.5, 0.6) is 11.5 Å². The number of benzene rings is 1. The quantitative estimate of drug-likeness (QED) is 0.883. The maximum atomic E-state index is 10.4. The number of hydrogen-bond acceptors (Lipinski definition) is 3. The van der Waals surface area contributed by atoms with E-state index in [1.165, 1.54) is 7.11 Å². The number of phenolic OH excluding ortho intramolecular Hbond substituents is 1. The molecule has 1 aromatic carbocycles. The fourth-order valence-corrected chi connectivity index (χ4v) is 1.74. The summed E-state index contributed by atoms with van der Waals surface area (Å²) in [6, 6.07) is 3.33. The van der Waals surface area contributed by atoms with Gasteiger partial charge >= 0.3 is 5.97 Å². The van der Waals surface area contributed by atoms with Crippen molar-refractivity contribution in [3.05, 3.63) is 22.2 Å². The molecule has 1 aromatic rings. The molecular weight excluding hydrogens is 264 g/mol. The van der Waals surface area contributed by atoms with Gasteiger partial charge in [-0.15, -0.1) is 0 Å². The van der Waals surface area contributed by atoms with Crippen molar-refractivity contribution in [2.45, 2.75) is 12.8 Å². The molecule has 0 saturated carbocycles. The number of carbonyl (C=O) groups is 1. The summed E-state index contributed by atoms with van der Waals surface area (Å²) in [6.45, 7) is 0. The number of carboxylic acid groups (broad SMARTS) is 1. The zero-order valence-electron chi connectivity index (χ0n) is 8.16. The smallest absolute Gasteiger partial charge is 0.303 e. The zero-order valence-corrected chi connectivity index (χ0v) is 9.74. The summed E-state index contributed by atoms with van der Waals surface area (Å²) in [6.07, 6.45) is 0.234. The number of carboxylic acids is 1.